The van der Waals surface area contributed by atoms with Gasteiger partial charge in [0.2, 0.25) is 0 Å². The molecule has 0 saturated heterocycles. The first-order valence-electron chi connectivity index (χ1n) is 7.00. The minimum Gasteiger partial charge on any atom is -0.346 e. The van der Waals surface area contributed by atoms with Crippen LogP contribution in [-0.2, 0) is 13.1 Å². The van der Waals surface area contributed by atoms with Crippen LogP contribution in [-0.4, -0.2) is 10.6 Å². The second-order valence-electron chi connectivity index (χ2n) is 5.59. The molecule has 0 aliphatic carbocycles. The highest BCUT2D eigenvalue weighted by molar-refractivity contribution is 5.31. The highest BCUT2D eigenvalue weighted by atomic mass is 15.0. The Morgan fingerprint density at radius 3 is 2.68 bits per heavy atom. The standard InChI is InChI=1S/C17H24N2/c1-13(2)18-11-17-6-5-9-19(17)12-16-10-14(3)7-8-15(16)4/h5-10,13,18H,11-12H2,1-4H3. The molecule has 0 aliphatic heterocycles. The van der Waals surface area contributed by atoms with Crippen LogP contribution in [0.15, 0.2) is 36.5 Å². The van der Waals surface area contributed by atoms with E-state index in [1.165, 1.54) is 22.4 Å². The Morgan fingerprint density at radius 1 is 1.16 bits per heavy atom. The maximum Gasteiger partial charge on any atom is 0.0476 e. The van der Waals surface area contributed by atoms with Crippen molar-refractivity contribution >= 4 is 0 Å². The van der Waals surface area contributed by atoms with Crippen LogP contribution in [0.3, 0.4) is 0 Å². The van der Waals surface area contributed by atoms with Crippen molar-refractivity contribution in [1.29, 1.82) is 0 Å². The Balaban J connectivity index is 2.15. The van der Waals surface area contributed by atoms with Gasteiger partial charge in [0.05, 0.1) is 0 Å². The predicted molar refractivity (Wildman–Crippen MR) is 81.4 cm³/mol. The van der Waals surface area contributed by atoms with E-state index in [0.717, 1.165) is 13.1 Å². The van der Waals surface area contributed by atoms with Gasteiger partial charge in [0.1, 0.15) is 0 Å². The molecule has 1 aromatic carbocycles. The third-order valence-electron chi connectivity index (χ3n) is 3.46. The summed E-state index contributed by atoms with van der Waals surface area (Å²) in [5.74, 6) is 0. The maximum absolute atomic E-state index is 3.48. The molecule has 1 heterocycles. The van der Waals surface area contributed by atoms with Gasteiger partial charge in [0.15, 0.2) is 0 Å². The van der Waals surface area contributed by atoms with Gasteiger partial charge in [-0.2, -0.15) is 0 Å². The van der Waals surface area contributed by atoms with E-state index < -0.39 is 0 Å². The topological polar surface area (TPSA) is 17.0 Å². The highest BCUT2D eigenvalue weighted by Crippen LogP contribution is 2.14. The first kappa shape index (κ1) is 13.9. The van der Waals surface area contributed by atoms with Crippen LogP contribution in [0, 0.1) is 13.8 Å². The monoisotopic (exact) mass is 256 g/mol. The van der Waals surface area contributed by atoms with Crippen molar-refractivity contribution in [1.82, 2.24) is 9.88 Å². The molecule has 1 aromatic heterocycles. The quantitative estimate of drug-likeness (QED) is 0.864. The Morgan fingerprint density at radius 2 is 1.95 bits per heavy atom. The van der Waals surface area contributed by atoms with E-state index in [0.29, 0.717) is 6.04 Å². The normalized spacial score (nSPS) is 11.2. The van der Waals surface area contributed by atoms with Crippen LogP contribution in [0.2, 0.25) is 0 Å². The summed E-state index contributed by atoms with van der Waals surface area (Å²) in [7, 11) is 0. The zero-order valence-corrected chi connectivity index (χ0v) is 12.4. The molecule has 2 rings (SSSR count). The minimum absolute atomic E-state index is 0.518. The summed E-state index contributed by atoms with van der Waals surface area (Å²) in [6, 6.07) is 11.5. The van der Waals surface area contributed by atoms with Crippen LogP contribution in [0.5, 0.6) is 0 Å². The first-order chi connectivity index (χ1) is 9.06. The Kier molecular flexibility index (Phi) is 4.43. The van der Waals surface area contributed by atoms with E-state index in [-0.39, 0.29) is 0 Å². The van der Waals surface area contributed by atoms with E-state index in [9.17, 15) is 0 Å². The van der Waals surface area contributed by atoms with Gasteiger partial charge in [-0.05, 0) is 37.1 Å². The predicted octanol–water partition coefficient (Wildman–Crippen LogP) is 3.65. The lowest BCUT2D eigenvalue weighted by Gasteiger charge is -2.14. The molecule has 0 unspecified atom stereocenters. The summed E-state index contributed by atoms with van der Waals surface area (Å²) < 4.78 is 2.33. The molecule has 0 aliphatic rings. The second-order valence-corrected chi connectivity index (χ2v) is 5.59. The number of aromatic nitrogens is 1. The van der Waals surface area contributed by atoms with Gasteiger partial charge in [-0.15, -0.1) is 0 Å². The zero-order valence-electron chi connectivity index (χ0n) is 12.4. The van der Waals surface area contributed by atoms with E-state index in [1.54, 1.807) is 0 Å². The van der Waals surface area contributed by atoms with Gasteiger partial charge < -0.3 is 9.88 Å². The molecule has 0 amide bonds. The van der Waals surface area contributed by atoms with Gasteiger partial charge in [0.25, 0.3) is 0 Å². The molecule has 19 heavy (non-hydrogen) atoms. The van der Waals surface area contributed by atoms with Gasteiger partial charge in [-0.1, -0.05) is 37.6 Å². The number of hydrogen-bond donors (Lipinski definition) is 1. The van der Waals surface area contributed by atoms with Gasteiger partial charge in [-0.25, -0.2) is 0 Å². The fourth-order valence-corrected chi connectivity index (χ4v) is 2.23. The number of nitrogens with zero attached hydrogens (tertiary/aromatic N) is 1. The molecule has 2 nitrogen and oxygen atoms in total. The largest absolute Gasteiger partial charge is 0.346 e. The minimum atomic E-state index is 0.518. The van der Waals surface area contributed by atoms with Crippen LogP contribution >= 0.6 is 0 Å². The summed E-state index contributed by atoms with van der Waals surface area (Å²) in [5, 5.41) is 3.48. The second kappa shape index (κ2) is 6.07. The molecular weight excluding hydrogens is 232 g/mol. The lowest BCUT2D eigenvalue weighted by molar-refractivity contribution is 0.564. The third kappa shape index (κ3) is 3.71. The highest BCUT2D eigenvalue weighted by Gasteiger charge is 2.05. The molecule has 102 valence electrons. The summed E-state index contributed by atoms with van der Waals surface area (Å²) in [4.78, 5) is 0. The summed E-state index contributed by atoms with van der Waals surface area (Å²) in [6.07, 6.45) is 2.17. The molecule has 0 saturated carbocycles. The number of nitrogens with one attached hydrogen (secondary N) is 1. The number of hydrogen-bond acceptors (Lipinski definition) is 1. The van der Waals surface area contributed by atoms with Gasteiger partial charge in [0, 0.05) is 31.0 Å². The molecular formula is C17H24N2. The number of aryl methyl sites for hydroxylation is 2. The SMILES string of the molecule is Cc1ccc(C)c(Cn2cccc2CNC(C)C)c1. The smallest absolute Gasteiger partial charge is 0.0476 e. The average molecular weight is 256 g/mol. The van der Waals surface area contributed by atoms with E-state index >= 15 is 0 Å². The molecule has 0 bridgehead atoms. The van der Waals surface area contributed by atoms with Crippen LogP contribution in [0.25, 0.3) is 0 Å². The number of benzene rings is 1. The van der Waals surface area contributed by atoms with E-state index in [1.807, 2.05) is 0 Å². The van der Waals surface area contributed by atoms with Crippen molar-refractivity contribution in [3.05, 3.63) is 58.9 Å². The molecule has 0 spiro atoms. The number of rotatable bonds is 5. The lowest BCUT2D eigenvalue weighted by atomic mass is 10.1. The third-order valence-corrected chi connectivity index (χ3v) is 3.46. The van der Waals surface area contributed by atoms with Gasteiger partial charge >= 0.3 is 0 Å². The molecule has 2 aromatic rings. The van der Waals surface area contributed by atoms with Crippen molar-refractivity contribution in [3.8, 4) is 0 Å². The van der Waals surface area contributed by atoms with E-state index in [4.69, 9.17) is 0 Å². The summed E-state index contributed by atoms with van der Waals surface area (Å²) in [6.45, 7) is 10.6. The fourth-order valence-electron chi connectivity index (χ4n) is 2.23. The van der Waals surface area contributed by atoms with Crippen molar-refractivity contribution in [2.45, 2.75) is 46.8 Å². The first-order valence-corrected chi connectivity index (χ1v) is 7.00. The fraction of sp³-hybridized carbons (Fsp3) is 0.412. The van der Waals surface area contributed by atoms with Gasteiger partial charge in [-0.3, -0.25) is 0 Å². The van der Waals surface area contributed by atoms with Crippen molar-refractivity contribution in [2.24, 2.45) is 0 Å². The summed E-state index contributed by atoms with van der Waals surface area (Å²) in [5.41, 5.74) is 5.44. The van der Waals surface area contributed by atoms with Crippen molar-refractivity contribution < 1.29 is 0 Å². The van der Waals surface area contributed by atoms with Crippen LogP contribution in [0.1, 0.15) is 36.2 Å². The molecule has 0 radical (unpaired) electrons. The molecule has 0 fully saturated rings. The molecule has 0 atom stereocenters. The Bertz CT molecular complexity index is 538. The zero-order chi connectivity index (χ0) is 13.8. The van der Waals surface area contributed by atoms with Crippen LogP contribution < -0.4 is 5.32 Å². The average Bonchev–Trinajstić information content (AvgIpc) is 2.79. The van der Waals surface area contributed by atoms with Crippen LogP contribution in [0.4, 0.5) is 0 Å². The summed E-state index contributed by atoms with van der Waals surface area (Å²) >= 11 is 0. The van der Waals surface area contributed by atoms with Crippen molar-refractivity contribution in [2.75, 3.05) is 0 Å². The molecule has 2 heteroatoms. The molecule has 1 N–H and O–H groups in total. The van der Waals surface area contributed by atoms with Crippen molar-refractivity contribution in [3.63, 3.8) is 0 Å². The Hall–Kier alpha value is -1.54. The Labute approximate surface area is 116 Å². The van der Waals surface area contributed by atoms with E-state index in [2.05, 4.69) is 74.1 Å². The maximum atomic E-state index is 3.48. The lowest BCUT2D eigenvalue weighted by Crippen LogP contribution is -2.23.